The van der Waals surface area contributed by atoms with Crippen LogP contribution in [0.25, 0.3) is 0 Å². The maximum atomic E-state index is 14.1. The van der Waals surface area contributed by atoms with Crippen molar-refractivity contribution in [2.45, 2.75) is 64.7 Å². The number of ether oxygens (including phenoxy) is 2. The first kappa shape index (κ1) is 31.4. The van der Waals surface area contributed by atoms with Crippen LogP contribution >= 0.6 is 0 Å². The molecule has 0 unspecified atom stereocenters. The van der Waals surface area contributed by atoms with Gasteiger partial charge in [-0.15, -0.1) is 0 Å². The van der Waals surface area contributed by atoms with Crippen LogP contribution in [0.15, 0.2) is 48.5 Å². The fourth-order valence-corrected chi connectivity index (χ4v) is 4.93. The van der Waals surface area contributed by atoms with Gasteiger partial charge in [0.2, 0.25) is 5.91 Å². The second-order valence-corrected chi connectivity index (χ2v) is 11.3. The van der Waals surface area contributed by atoms with Crippen molar-refractivity contribution in [2.24, 2.45) is 5.92 Å². The zero-order valence-electron chi connectivity index (χ0n) is 25.0. The Hall–Kier alpha value is -3.10. The molecular formula is C32H47N3O5. The molecule has 0 radical (unpaired) electrons. The summed E-state index contributed by atoms with van der Waals surface area (Å²) in [6.45, 7) is 7.10. The first-order chi connectivity index (χ1) is 19.1. The molecule has 1 aliphatic heterocycles. The third-order valence-corrected chi connectivity index (χ3v) is 7.63. The topological polar surface area (TPSA) is 82.6 Å². The third-order valence-electron chi connectivity index (χ3n) is 7.63. The van der Waals surface area contributed by atoms with E-state index in [2.05, 4.69) is 0 Å². The number of benzene rings is 2. The molecule has 0 fully saturated rings. The Bertz CT molecular complexity index is 1090. The summed E-state index contributed by atoms with van der Waals surface area (Å²) in [5.41, 5.74) is 2.35. The summed E-state index contributed by atoms with van der Waals surface area (Å²) in [5, 5.41) is 10.1. The van der Waals surface area contributed by atoms with Crippen LogP contribution in [0.4, 0.5) is 5.69 Å². The van der Waals surface area contributed by atoms with Crippen molar-refractivity contribution < 1.29 is 24.2 Å². The standard InChI is InChI=1S/C32H47N3O5/c1-23-20-35(24(2)22-36)32(38)28-19-27(33(4)5)15-16-29(28)40-25(3)12-10-11-17-39-30(23)21-34(6)31(37)18-26-13-8-7-9-14-26/h7-9,13-16,19,23-25,30,36H,10-12,17-18,20-22H2,1-6H3/t23-,24+,25-,30-/m1/s1. The normalized spacial score (nSPS) is 21.5. The molecule has 0 aromatic heterocycles. The predicted molar refractivity (Wildman–Crippen MR) is 159 cm³/mol. The Labute approximate surface area is 239 Å². The van der Waals surface area contributed by atoms with Gasteiger partial charge in [0, 0.05) is 52.4 Å². The zero-order chi connectivity index (χ0) is 29.2. The highest BCUT2D eigenvalue weighted by atomic mass is 16.5. The minimum absolute atomic E-state index is 0.0224. The smallest absolute Gasteiger partial charge is 0.258 e. The van der Waals surface area contributed by atoms with E-state index in [0.717, 1.165) is 30.5 Å². The molecule has 220 valence electrons. The zero-order valence-corrected chi connectivity index (χ0v) is 25.0. The van der Waals surface area contributed by atoms with Crippen molar-refractivity contribution in [3.8, 4) is 5.75 Å². The van der Waals surface area contributed by atoms with E-state index in [9.17, 15) is 14.7 Å². The Kier molecular flexibility index (Phi) is 11.8. The fourth-order valence-electron chi connectivity index (χ4n) is 4.93. The molecule has 8 heteroatoms. The van der Waals surface area contributed by atoms with Crippen LogP contribution in [0.2, 0.25) is 0 Å². The maximum Gasteiger partial charge on any atom is 0.258 e. The van der Waals surface area contributed by atoms with Gasteiger partial charge in [0.1, 0.15) is 5.75 Å². The van der Waals surface area contributed by atoms with Crippen molar-refractivity contribution in [1.82, 2.24) is 9.80 Å². The molecule has 1 aliphatic rings. The van der Waals surface area contributed by atoms with Crippen molar-refractivity contribution in [3.63, 3.8) is 0 Å². The summed E-state index contributed by atoms with van der Waals surface area (Å²) in [6.07, 6.45) is 2.63. The second-order valence-electron chi connectivity index (χ2n) is 11.3. The molecule has 0 spiro atoms. The molecule has 2 amide bonds. The first-order valence-electron chi connectivity index (χ1n) is 14.4. The van der Waals surface area contributed by atoms with E-state index >= 15 is 0 Å². The van der Waals surface area contributed by atoms with Crippen LogP contribution < -0.4 is 9.64 Å². The van der Waals surface area contributed by atoms with E-state index in [1.165, 1.54) is 0 Å². The highest BCUT2D eigenvalue weighted by Gasteiger charge is 2.31. The first-order valence-corrected chi connectivity index (χ1v) is 14.4. The number of hydrogen-bond acceptors (Lipinski definition) is 6. The van der Waals surface area contributed by atoms with Gasteiger partial charge in [-0.05, 0) is 56.9 Å². The molecule has 0 aliphatic carbocycles. The van der Waals surface area contributed by atoms with Crippen LogP contribution in [-0.2, 0) is 16.0 Å². The fraction of sp³-hybridized carbons (Fsp3) is 0.562. The van der Waals surface area contributed by atoms with E-state index in [1.54, 1.807) is 9.80 Å². The average molecular weight is 554 g/mol. The minimum atomic E-state index is -0.408. The molecule has 2 aromatic rings. The highest BCUT2D eigenvalue weighted by molar-refractivity contribution is 5.98. The molecule has 8 nitrogen and oxygen atoms in total. The van der Waals surface area contributed by atoms with Gasteiger partial charge in [0.25, 0.3) is 5.91 Å². The molecule has 40 heavy (non-hydrogen) atoms. The second kappa shape index (κ2) is 15.1. The SMILES string of the molecule is C[C@@H]1CCCCO[C@H](CN(C)C(=O)Cc2ccccc2)[C@H](C)CN([C@@H](C)CO)C(=O)c2cc(N(C)C)ccc2O1. The van der Waals surface area contributed by atoms with E-state index in [-0.39, 0.29) is 36.5 Å². The van der Waals surface area contributed by atoms with Gasteiger partial charge in [-0.1, -0.05) is 37.3 Å². The number of amides is 2. The van der Waals surface area contributed by atoms with Gasteiger partial charge in [0.05, 0.1) is 36.8 Å². The largest absolute Gasteiger partial charge is 0.490 e. The van der Waals surface area contributed by atoms with Crippen molar-refractivity contribution >= 4 is 17.5 Å². The lowest BCUT2D eigenvalue weighted by Crippen LogP contribution is -2.48. The third kappa shape index (κ3) is 8.70. The van der Waals surface area contributed by atoms with E-state index in [1.807, 2.05) is 95.3 Å². The monoisotopic (exact) mass is 553 g/mol. The van der Waals surface area contributed by atoms with Crippen molar-refractivity contribution in [2.75, 3.05) is 52.3 Å². The van der Waals surface area contributed by atoms with Crippen LogP contribution in [0, 0.1) is 5.92 Å². The summed E-state index contributed by atoms with van der Waals surface area (Å²) in [7, 11) is 5.68. The number of likely N-dealkylation sites (N-methyl/N-ethyl adjacent to an activating group) is 1. The summed E-state index contributed by atoms with van der Waals surface area (Å²) >= 11 is 0. The maximum absolute atomic E-state index is 14.1. The lowest BCUT2D eigenvalue weighted by atomic mass is 10.0. The molecule has 4 atom stereocenters. The van der Waals surface area contributed by atoms with Gasteiger partial charge < -0.3 is 29.3 Å². The summed E-state index contributed by atoms with van der Waals surface area (Å²) in [4.78, 5) is 32.5. The molecule has 0 saturated carbocycles. The molecule has 3 rings (SSSR count). The number of aliphatic hydroxyl groups is 1. The molecular weight excluding hydrogens is 506 g/mol. The number of hydrogen-bond donors (Lipinski definition) is 1. The number of rotatable bonds is 7. The van der Waals surface area contributed by atoms with Gasteiger partial charge in [-0.2, -0.15) is 0 Å². The van der Waals surface area contributed by atoms with Crippen molar-refractivity contribution in [1.29, 1.82) is 0 Å². The van der Waals surface area contributed by atoms with Crippen LogP contribution in [0.1, 0.15) is 56.0 Å². The summed E-state index contributed by atoms with van der Waals surface area (Å²) in [6, 6.07) is 15.0. The van der Waals surface area contributed by atoms with E-state index in [4.69, 9.17) is 9.47 Å². The molecule has 1 heterocycles. The van der Waals surface area contributed by atoms with Crippen LogP contribution in [-0.4, -0.2) is 92.4 Å². The van der Waals surface area contributed by atoms with Crippen molar-refractivity contribution in [3.05, 3.63) is 59.7 Å². The Morgan fingerprint density at radius 3 is 2.50 bits per heavy atom. The van der Waals surface area contributed by atoms with Gasteiger partial charge in [-0.25, -0.2) is 0 Å². The molecule has 0 saturated heterocycles. The molecule has 2 aromatic carbocycles. The minimum Gasteiger partial charge on any atom is -0.490 e. The van der Waals surface area contributed by atoms with E-state index < -0.39 is 6.04 Å². The Morgan fingerprint density at radius 1 is 1.10 bits per heavy atom. The van der Waals surface area contributed by atoms with Gasteiger partial charge >= 0.3 is 0 Å². The number of aliphatic hydroxyl groups excluding tert-OH is 1. The van der Waals surface area contributed by atoms with Crippen LogP contribution in [0.5, 0.6) is 5.75 Å². The Balaban J connectivity index is 1.88. The van der Waals surface area contributed by atoms with E-state index in [0.29, 0.717) is 37.4 Å². The number of fused-ring (bicyclic) bond motifs is 1. The number of carbonyl (C=O) groups excluding carboxylic acids is 2. The van der Waals surface area contributed by atoms with Crippen LogP contribution in [0.3, 0.4) is 0 Å². The highest BCUT2D eigenvalue weighted by Crippen LogP contribution is 2.29. The predicted octanol–water partition coefficient (Wildman–Crippen LogP) is 4.25. The van der Waals surface area contributed by atoms with Gasteiger partial charge in [0.15, 0.2) is 0 Å². The number of carbonyl (C=O) groups is 2. The average Bonchev–Trinajstić information content (AvgIpc) is 2.94. The lowest BCUT2D eigenvalue weighted by Gasteiger charge is -2.36. The summed E-state index contributed by atoms with van der Waals surface area (Å²) < 4.78 is 12.7. The molecule has 1 N–H and O–H groups in total. The summed E-state index contributed by atoms with van der Waals surface area (Å²) in [5.74, 6) is 0.299. The van der Waals surface area contributed by atoms with Gasteiger partial charge in [-0.3, -0.25) is 9.59 Å². The number of nitrogens with zero attached hydrogens (tertiary/aromatic N) is 3. The quantitative estimate of drug-likeness (QED) is 0.552. The molecule has 0 bridgehead atoms. The number of anilines is 1. The lowest BCUT2D eigenvalue weighted by molar-refractivity contribution is -0.131. The Morgan fingerprint density at radius 2 is 1.82 bits per heavy atom.